The van der Waals surface area contributed by atoms with Crippen LogP contribution in [0.1, 0.15) is 11.1 Å². The largest absolute Gasteiger partial charge is 0.0843 e. The predicted octanol–water partition coefficient (Wildman–Crippen LogP) is 7.05. The van der Waals surface area contributed by atoms with Crippen LogP contribution in [0, 0.1) is 0 Å². The average Bonchev–Trinajstić information content (AvgIpc) is 3.09. The minimum Gasteiger partial charge on any atom is -0.0843 e. The monoisotopic (exact) mass is 380 g/mol. The van der Waals surface area contributed by atoms with Crippen LogP contribution in [0.3, 0.4) is 0 Å². The van der Waals surface area contributed by atoms with Crippen LogP contribution < -0.4 is 0 Å². The van der Waals surface area contributed by atoms with Gasteiger partial charge in [-0.3, -0.25) is 0 Å². The summed E-state index contributed by atoms with van der Waals surface area (Å²) in [5.41, 5.74) is 2.41. The molecule has 2 aliphatic heterocycles. The SMILES string of the molecule is ClC1=C(c2ccc(Cl)cc2)SS2=C1C=C(c1ccccc1)S2. The van der Waals surface area contributed by atoms with Crippen LogP contribution in [-0.2, 0) is 0 Å². The van der Waals surface area contributed by atoms with E-state index in [1.54, 1.807) is 0 Å². The molecule has 0 fully saturated rings. The molecule has 0 bridgehead atoms. The van der Waals surface area contributed by atoms with Crippen molar-refractivity contribution in [2.75, 3.05) is 0 Å². The molecule has 0 amide bonds. The highest BCUT2D eigenvalue weighted by molar-refractivity contribution is 9.19. The third-order valence-electron chi connectivity index (χ3n) is 3.35. The molecule has 1 unspecified atom stereocenters. The Bertz CT molecular complexity index is 834. The summed E-state index contributed by atoms with van der Waals surface area (Å²) < 4.78 is 0. The lowest BCUT2D eigenvalue weighted by Gasteiger charge is -2.07. The Morgan fingerprint density at radius 2 is 1.50 bits per heavy atom. The maximum Gasteiger partial charge on any atom is 0.0701 e. The van der Waals surface area contributed by atoms with Crippen LogP contribution in [0.5, 0.6) is 0 Å². The minimum absolute atomic E-state index is 0.0539. The summed E-state index contributed by atoms with van der Waals surface area (Å²) in [6, 6.07) is 18.4. The molecule has 2 aliphatic rings. The van der Waals surface area contributed by atoms with Gasteiger partial charge in [0.25, 0.3) is 0 Å². The van der Waals surface area contributed by atoms with Gasteiger partial charge < -0.3 is 0 Å². The van der Waals surface area contributed by atoms with E-state index in [2.05, 4.69) is 30.3 Å². The van der Waals surface area contributed by atoms with Crippen molar-refractivity contribution in [2.24, 2.45) is 0 Å². The predicted molar refractivity (Wildman–Crippen MR) is 106 cm³/mol. The highest BCUT2D eigenvalue weighted by Gasteiger charge is 2.29. The number of rotatable bonds is 2. The fraction of sp³-hybridized carbons (Fsp3) is 0. The first-order valence-electron chi connectivity index (χ1n) is 6.63. The van der Waals surface area contributed by atoms with Crippen molar-refractivity contribution < 1.29 is 0 Å². The first kappa shape index (κ1) is 15.0. The number of hydrogen-bond donors (Lipinski definition) is 0. The molecule has 0 saturated carbocycles. The first-order valence-corrected chi connectivity index (χ1v) is 11.3. The first-order chi connectivity index (χ1) is 10.7. The van der Waals surface area contributed by atoms with E-state index in [4.69, 9.17) is 23.2 Å². The standard InChI is InChI=1S/C17H10Cl2S3/c18-13-8-6-12(7-9-13)17-16(19)15-10-14(20-22(15)21-17)11-4-2-1-3-5-11/h1-10H. The van der Waals surface area contributed by atoms with Crippen molar-refractivity contribution in [1.29, 1.82) is 0 Å². The molecule has 4 rings (SSSR count). The molecule has 2 aromatic rings. The van der Waals surface area contributed by atoms with E-state index in [-0.39, 0.29) is 8.55 Å². The van der Waals surface area contributed by atoms with Crippen LogP contribution in [0.4, 0.5) is 0 Å². The van der Waals surface area contributed by atoms with Crippen molar-refractivity contribution in [3.63, 3.8) is 0 Å². The highest BCUT2D eigenvalue weighted by Crippen LogP contribution is 2.65. The van der Waals surface area contributed by atoms with Crippen molar-refractivity contribution in [1.82, 2.24) is 0 Å². The number of hydrogen-bond acceptors (Lipinski definition) is 2. The average molecular weight is 381 g/mol. The Labute approximate surface area is 149 Å². The second-order valence-corrected chi connectivity index (χ2v) is 11.3. The number of allylic oxidation sites excluding steroid dienone is 2. The summed E-state index contributed by atoms with van der Waals surface area (Å²) in [6.07, 6.45) is 2.24. The van der Waals surface area contributed by atoms with Gasteiger partial charge in [-0.2, -0.15) is 0 Å². The van der Waals surface area contributed by atoms with E-state index < -0.39 is 0 Å². The van der Waals surface area contributed by atoms with Gasteiger partial charge >= 0.3 is 0 Å². The van der Waals surface area contributed by atoms with Crippen LogP contribution in [0.25, 0.3) is 9.81 Å². The van der Waals surface area contributed by atoms with Crippen LogP contribution in [-0.4, -0.2) is 4.86 Å². The summed E-state index contributed by atoms with van der Waals surface area (Å²) >= 11 is 12.6. The van der Waals surface area contributed by atoms with E-state index in [1.165, 1.54) is 15.3 Å². The summed E-state index contributed by atoms with van der Waals surface area (Å²) in [4.78, 5) is 3.72. The maximum atomic E-state index is 6.64. The van der Waals surface area contributed by atoms with Gasteiger partial charge in [0.05, 0.1) is 5.03 Å². The molecule has 22 heavy (non-hydrogen) atoms. The van der Waals surface area contributed by atoms with Gasteiger partial charge in [-0.15, -0.1) is 0 Å². The smallest absolute Gasteiger partial charge is 0.0701 e. The molecule has 0 aromatic heterocycles. The van der Waals surface area contributed by atoms with Crippen LogP contribution in [0.15, 0.2) is 65.7 Å². The molecule has 2 heterocycles. The fourth-order valence-corrected chi connectivity index (χ4v) is 10.2. The van der Waals surface area contributed by atoms with E-state index in [9.17, 15) is 0 Å². The zero-order valence-electron chi connectivity index (χ0n) is 11.3. The third kappa shape index (κ3) is 2.70. The molecular weight excluding hydrogens is 371 g/mol. The second-order valence-electron chi connectivity index (χ2n) is 4.79. The van der Waals surface area contributed by atoms with Crippen LogP contribution >= 0.6 is 53.3 Å². The minimum atomic E-state index is 0.0539. The van der Waals surface area contributed by atoms with Crippen molar-refractivity contribution in [3.05, 3.63) is 81.9 Å². The van der Waals surface area contributed by atoms with Crippen molar-refractivity contribution in [3.8, 4) is 0 Å². The molecular formula is C17H10Cl2S3. The normalized spacial score (nSPS) is 20.4. The number of benzene rings is 2. The molecule has 0 aliphatic carbocycles. The molecule has 5 heteroatoms. The van der Waals surface area contributed by atoms with Gasteiger partial charge in [-0.25, -0.2) is 0 Å². The highest BCUT2D eigenvalue weighted by atomic mass is 35.5. The Morgan fingerprint density at radius 3 is 2.18 bits per heavy atom. The van der Waals surface area contributed by atoms with E-state index in [1.807, 2.05) is 51.9 Å². The zero-order chi connectivity index (χ0) is 15.1. The summed E-state index contributed by atoms with van der Waals surface area (Å²) in [7, 11) is 3.81. The maximum absolute atomic E-state index is 6.64. The van der Waals surface area contributed by atoms with Gasteiger partial charge in [0.15, 0.2) is 0 Å². The Balaban J connectivity index is 1.67. The molecule has 1 atom stereocenters. The Hall–Kier alpha value is -0.580. The van der Waals surface area contributed by atoms with Gasteiger partial charge in [0.1, 0.15) is 0 Å². The quantitative estimate of drug-likeness (QED) is 0.404. The molecule has 2 aromatic carbocycles. The van der Waals surface area contributed by atoms with Crippen molar-refractivity contribution in [2.45, 2.75) is 0 Å². The lowest BCUT2D eigenvalue weighted by atomic mass is 10.1. The lowest BCUT2D eigenvalue weighted by Crippen LogP contribution is -1.89. The van der Waals surface area contributed by atoms with Crippen LogP contribution in [0.2, 0.25) is 5.02 Å². The second kappa shape index (κ2) is 6.14. The van der Waals surface area contributed by atoms with Gasteiger partial charge in [0, 0.05) is 19.7 Å². The molecule has 0 radical (unpaired) electrons. The zero-order valence-corrected chi connectivity index (χ0v) is 15.2. The summed E-state index contributed by atoms with van der Waals surface area (Å²) in [5.74, 6) is 0. The topological polar surface area (TPSA) is 0 Å². The summed E-state index contributed by atoms with van der Waals surface area (Å²) in [6.45, 7) is 0. The molecule has 0 nitrogen and oxygen atoms in total. The molecule has 0 N–H and O–H groups in total. The Kier molecular flexibility index (Phi) is 4.18. The van der Waals surface area contributed by atoms with Gasteiger partial charge in [-0.05, 0) is 29.3 Å². The number of halogens is 2. The molecule has 0 spiro atoms. The van der Waals surface area contributed by atoms with Gasteiger partial charge in [-0.1, -0.05) is 95.8 Å². The summed E-state index contributed by atoms with van der Waals surface area (Å²) in [5, 5.41) is 1.63. The third-order valence-corrected chi connectivity index (χ3v) is 10.6. The fourth-order valence-electron chi connectivity index (χ4n) is 2.25. The Morgan fingerprint density at radius 1 is 0.773 bits per heavy atom. The van der Waals surface area contributed by atoms with Crippen molar-refractivity contribution >= 4 is 68.0 Å². The van der Waals surface area contributed by atoms with E-state index in [0.29, 0.717) is 0 Å². The lowest BCUT2D eigenvalue weighted by molar-refractivity contribution is 1.65. The van der Waals surface area contributed by atoms with Gasteiger partial charge in [0.2, 0.25) is 0 Å². The molecule has 0 saturated heterocycles. The van der Waals surface area contributed by atoms with E-state index >= 15 is 0 Å². The molecule has 110 valence electrons. The van der Waals surface area contributed by atoms with E-state index in [0.717, 1.165) is 20.5 Å².